The highest BCUT2D eigenvalue weighted by molar-refractivity contribution is 5.74. The van der Waals surface area contributed by atoms with Gasteiger partial charge in [-0.15, -0.1) is 0 Å². The third-order valence-corrected chi connectivity index (χ3v) is 5.23. The molecule has 1 aliphatic heterocycles. The Morgan fingerprint density at radius 2 is 2.09 bits per heavy atom. The number of carbonyl (C=O) groups excluding carboxylic acids is 1. The lowest BCUT2D eigenvalue weighted by Gasteiger charge is -2.43. The van der Waals surface area contributed by atoms with E-state index in [-0.39, 0.29) is 11.9 Å². The first-order chi connectivity index (χ1) is 10.6. The summed E-state index contributed by atoms with van der Waals surface area (Å²) < 4.78 is 0. The van der Waals surface area contributed by atoms with Gasteiger partial charge < -0.3 is 15.3 Å². The average molecular weight is 302 g/mol. The molecule has 2 N–H and O–H groups in total. The maximum absolute atomic E-state index is 12.3. The fraction of sp³-hybridized carbons (Fsp3) is 0.611. The van der Waals surface area contributed by atoms with Crippen molar-refractivity contribution < 1.29 is 9.90 Å². The smallest absolute Gasteiger partial charge is 0.317 e. The van der Waals surface area contributed by atoms with Crippen LogP contribution in [0.25, 0.3) is 0 Å². The van der Waals surface area contributed by atoms with E-state index in [1.807, 2.05) is 23.1 Å². The minimum Gasteiger partial charge on any atom is -0.389 e. The van der Waals surface area contributed by atoms with Crippen LogP contribution in [-0.4, -0.2) is 41.3 Å². The number of aliphatic hydroxyl groups is 1. The molecule has 1 aromatic rings. The lowest BCUT2D eigenvalue weighted by Crippen LogP contribution is -2.55. The first-order valence-corrected chi connectivity index (χ1v) is 8.38. The monoisotopic (exact) mass is 302 g/mol. The number of benzene rings is 1. The standard InChI is InChI=1S/C18H26N2O2/c1-14-13-20(12-10-18(14,22)16-7-8-16)17(21)19-11-9-15-5-3-2-4-6-15/h2-6,14,16,22H,7-13H2,1H3,(H,19,21)/t14-,18+/m1/s1. The van der Waals surface area contributed by atoms with Gasteiger partial charge in [-0.05, 0) is 37.2 Å². The molecule has 22 heavy (non-hydrogen) atoms. The van der Waals surface area contributed by atoms with Crippen LogP contribution in [0.4, 0.5) is 4.79 Å². The van der Waals surface area contributed by atoms with Gasteiger partial charge in [0.15, 0.2) is 0 Å². The van der Waals surface area contributed by atoms with Gasteiger partial charge in [0.1, 0.15) is 0 Å². The van der Waals surface area contributed by atoms with Crippen LogP contribution < -0.4 is 5.32 Å². The molecule has 0 aromatic heterocycles. The molecule has 1 aliphatic carbocycles. The van der Waals surface area contributed by atoms with Crippen LogP contribution in [0, 0.1) is 11.8 Å². The molecule has 120 valence electrons. The van der Waals surface area contributed by atoms with Crippen LogP contribution >= 0.6 is 0 Å². The topological polar surface area (TPSA) is 52.6 Å². The summed E-state index contributed by atoms with van der Waals surface area (Å²) in [6, 6.07) is 10.2. The molecule has 1 saturated carbocycles. The number of likely N-dealkylation sites (tertiary alicyclic amines) is 1. The van der Waals surface area contributed by atoms with E-state index < -0.39 is 5.60 Å². The molecule has 2 fully saturated rings. The van der Waals surface area contributed by atoms with Crippen LogP contribution in [0.3, 0.4) is 0 Å². The van der Waals surface area contributed by atoms with E-state index in [0.29, 0.717) is 32.0 Å². The van der Waals surface area contributed by atoms with Crippen molar-refractivity contribution >= 4 is 6.03 Å². The van der Waals surface area contributed by atoms with E-state index in [1.54, 1.807) is 0 Å². The minimum absolute atomic E-state index is 0.000582. The molecular formula is C18H26N2O2. The Morgan fingerprint density at radius 3 is 2.73 bits per heavy atom. The van der Waals surface area contributed by atoms with Gasteiger partial charge in [-0.25, -0.2) is 4.79 Å². The Hall–Kier alpha value is -1.55. The van der Waals surface area contributed by atoms with E-state index in [0.717, 1.165) is 19.3 Å². The lowest BCUT2D eigenvalue weighted by molar-refractivity contribution is -0.0732. The van der Waals surface area contributed by atoms with Crippen molar-refractivity contribution in [3.8, 4) is 0 Å². The molecular weight excluding hydrogens is 276 g/mol. The molecule has 3 rings (SSSR count). The third-order valence-electron chi connectivity index (χ3n) is 5.23. The molecule has 0 bridgehead atoms. The fourth-order valence-electron chi connectivity index (χ4n) is 3.58. The molecule has 1 saturated heterocycles. The van der Waals surface area contributed by atoms with E-state index >= 15 is 0 Å². The van der Waals surface area contributed by atoms with Crippen LogP contribution in [0.2, 0.25) is 0 Å². The highest BCUT2D eigenvalue weighted by Crippen LogP contribution is 2.47. The van der Waals surface area contributed by atoms with Gasteiger partial charge in [0.05, 0.1) is 5.60 Å². The summed E-state index contributed by atoms with van der Waals surface area (Å²) in [5, 5.41) is 13.7. The number of rotatable bonds is 4. The normalized spacial score (nSPS) is 28.5. The van der Waals surface area contributed by atoms with Crippen molar-refractivity contribution in [2.45, 2.75) is 38.2 Å². The minimum atomic E-state index is -0.541. The highest BCUT2D eigenvalue weighted by Gasteiger charge is 2.50. The molecule has 0 spiro atoms. The zero-order valence-electron chi connectivity index (χ0n) is 13.3. The Morgan fingerprint density at radius 1 is 1.36 bits per heavy atom. The number of hydrogen-bond donors (Lipinski definition) is 2. The van der Waals surface area contributed by atoms with E-state index in [1.165, 1.54) is 5.56 Å². The quantitative estimate of drug-likeness (QED) is 0.897. The van der Waals surface area contributed by atoms with Gasteiger partial charge in [0, 0.05) is 25.6 Å². The number of nitrogens with zero attached hydrogens (tertiary/aromatic N) is 1. The van der Waals surface area contributed by atoms with Gasteiger partial charge in [-0.3, -0.25) is 0 Å². The molecule has 4 nitrogen and oxygen atoms in total. The van der Waals surface area contributed by atoms with Crippen molar-refractivity contribution in [2.24, 2.45) is 11.8 Å². The number of hydrogen-bond acceptors (Lipinski definition) is 2. The second-order valence-corrected chi connectivity index (χ2v) is 6.83. The maximum Gasteiger partial charge on any atom is 0.317 e. The SMILES string of the molecule is C[C@@H]1CN(C(=O)NCCc2ccccc2)CC[C@@]1(O)C1CC1. The van der Waals surface area contributed by atoms with E-state index in [2.05, 4.69) is 24.4 Å². The fourth-order valence-corrected chi connectivity index (χ4v) is 3.58. The first-order valence-electron chi connectivity index (χ1n) is 8.38. The van der Waals surface area contributed by atoms with Gasteiger partial charge in [0.2, 0.25) is 0 Å². The van der Waals surface area contributed by atoms with Crippen molar-refractivity contribution in [1.82, 2.24) is 10.2 Å². The summed E-state index contributed by atoms with van der Waals surface area (Å²) in [5.74, 6) is 0.624. The van der Waals surface area contributed by atoms with E-state index in [4.69, 9.17) is 0 Å². The van der Waals surface area contributed by atoms with Crippen molar-refractivity contribution in [1.29, 1.82) is 0 Å². The van der Waals surface area contributed by atoms with Gasteiger partial charge >= 0.3 is 6.03 Å². The second-order valence-electron chi connectivity index (χ2n) is 6.83. The zero-order valence-corrected chi connectivity index (χ0v) is 13.3. The van der Waals surface area contributed by atoms with Crippen molar-refractivity contribution in [3.63, 3.8) is 0 Å². The van der Waals surface area contributed by atoms with Gasteiger partial charge in [-0.1, -0.05) is 37.3 Å². The Kier molecular flexibility index (Phi) is 4.39. The molecule has 1 heterocycles. The van der Waals surface area contributed by atoms with Crippen LogP contribution in [-0.2, 0) is 6.42 Å². The van der Waals surface area contributed by atoms with Gasteiger partial charge in [-0.2, -0.15) is 0 Å². The molecule has 2 atom stereocenters. The van der Waals surface area contributed by atoms with Crippen LogP contribution in [0.1, 0.15) is 31.7 Å². The summed E-state index contributed by atoms with van der Waals surface area (Å²) in [4.78, 5) is 14.1. The predicted octanol–water partition coefficient (Wildman–Crippen LogP) is 2.42. The molecule has 0 unspecified atom stereocenters. The predicted molar refractivity (Wildman–Crippen MR) is 86.6 cm³/mol. The molecule has 2 amide bonds. The molecule has 2 aliphatic rings. The summed E-state index contributed by atoms with van der Waals surface area (Å²) in [5.41, 5.74) is 0.693. The number of piperidine rings is 1. The number of carbonyl (C=O) groups is 1. The average Bonchev–Trinajstić information content (AvgIpc) is 3.36. The highest BCUT2D eigenvalue weighted by atomic mass is 16.3. The van der Waals surface area contributed by atoms with E-state index in [9.17, 15) is 9.90 Å². The Bertz CT molecular complexity index is 515. The van der Waals surface area contributed by atoms with Crippen molar-refractivity contribution in [3.05, 3.63) is 35.9 Å². The molecule has 1 aromatic carbocycles. The van der Waals surface area contributed by atoms with Crippen LogP contribution in [0.15, 0.2) is 30.3 Å². The van der Waals surface area contributed by atoms with Crippen molar-refractivity contribution in [2.75, 3.05) is 19.6 Å². The number of nitrogens with one attached hydrogen (secondary N) is 1. The lowest BCUT2D eigenvalue weighted by atomic mass is 9.78. The second kappa shape index (κ2) is 6.29. The Balaban J connectivity index is 1.45. The first kappa shape index (κ1) is 15.3. The summed E-state index contributed by atoms with van der Waals surface area (Å²) >= 11 is 0. The maximum atomic E-state index is 12.3. The molecule has 4 heteroatoms. The summed E-state index contributed by atoms with van der Waals surface area (Å²) in [6.45, 7) is 4.04. The zero-order chi connectivity index (χ0) is 15.6. The van der Waals surface area contributed by atoms with Gasteiger partial charge in [0.25, 0.3) is 0 Å². The summed E-state index contributed by atoms with van der Waals surface area (Å²) in [7, 11) is 0. The Labute approximate surface area is 132 Å². The number of urea groups is 1. The third kappa shape index (κ3) is 3.27. The number of amides is 2. The van der Waals surface area contributed by atoms with Crippen LogP contribution in [0.5, 0.6) is 0 Å². The molecule has 0 radical (unpaired) electrons. The summed E-state index contributed by atoms with van der Waals surface area (Å²) in [6.07, 6.45) is 3.85. The largest absolute Gasteiger partial charge is 0.389 e.